The fourth-order valence-corrected chi connectivity index (χ4v) is 4.66. The molecule has 1 heterocycles. The summed E-state index contributed by atoms with van der Waals surface area (Å²) in [6.07, 6.45) is 8.24. The van der Waals surface area contributed by atoms with Gasteiger partial charge in [0, 0.05) is 5.92 Å². The van der Waals surface area contributed by atoms with Crippen LogP contribution in [0.1, 0.15) is 18.4 Å². The Morgan fingerprint density at radius 1 is 1.09 bits per heavy atom. The number of rotatable bonds is 4. The van der Waals surface area contributed by atoms with E-state index in [1.807, 2.05) is 30.3 Å². The Morgan fingerprint density at radius 2 is 1.87 bits per heavy atom. The third-order valence-electron chi connectivity index (χ3n) is 5.99. The predicted octanol–water partition coefficient (Wildman–Crippen LogP) is 1.17. The lowest BCUT2D eigenvalue weighted by molar-refractivity contribution is -0.907. The summed E-state index contributed by atoms with van der Waals surface area (Å²) in [6, 6.07) is 10.1. The first-order valence-corrected chi connectivity index (χ1v) is 9.11. The van der Waals surface area contributed by atoms with Crippen LogP contribution in [0.4, 0.5) is 0 Å². The monoisotopic (exact) mass is 311 g/mol. The zero-order chi connectivity index (χ0) is 15.6. The number of nitrogens with one attached hydrogen (secondary N) is 1. The van der Waals surface area contributed by atoms with Crippen molar-refractivity contribution in [1.29, 1.82) is 0 Å². The second kappa shape index (κ2) is 6.48. The molecule has 3 aliphatic rings. The average Bonchev–Trinajstić information content (AvgIpc) is 3.19. The largest absolute Gasteiger partial charge is 0.332 e. The summed E-state index contributed by atoms with van der Waals surface area (Å²) in [5, 5.41) is 0. The van der Waals surface area contributed by atoms with Gasteiger partial charge in [0.2, 0.25) is 5.91 Å². The van der Waals surface area contributed by atoms with Crippen LogP contribution in [0.5, 0.6) is 0 Å². The molecule has 0 aromatic heterocycles. The Labute approximate surface area is 139 Å². The van der Waals surface area contributed by atoms with Crippen molar-refractivity contribution in [1.82, 2.24) is 4.90 Å². The van der Waals surface area contributed by atoms with Crippen molar-refractivity contribution >= 4 is 5.91 Å². The summed E-state index contributed by atoms with van der Waals surface area (Å²) in [6.45, 7) is 5.41. The quantitative estimate of drug-likeness (QED) is 0.830. The zero-order valence-corrected chi connectivity index (χ0v) is 13.8. The van der Waals surface area contributed by atoms with Gasteiger partial charge in [-0.1, -0.05) is 42.5 Å². The van der Waals surface area contributed by atoms with Gasteiger partial charge in [0.05, 0.1) is 39.1 Å². The molecule has 1 aromatic carbocycles. The molecule has 0 radical (unpaired) electrons. The van der Waals surface area contributed by atoms with Crippen LogP contribution in [0.2, 0.25) is 0 Å². The number of quaternary nitrogens is 1. The Morgan fingerprint density at radius 3 is 2.52 bits per heavy atom. The number of allylic oxidation sites excluding steroid dienone is 2. The van der Waals surface area contributed by atoms with Crippen LogP contribution >= 0.6 is 0 Å². The summed E-state index contributed by atoms with van der Waals surface area (Å²) < 4.78 is 0. The van der Waals surface area contributed by atoms with E-state index >= 15 is 0 Å². The molecular formula is C20H27N2O+. The summed E-state index contributed by atoms with van der Waals surface area (Å²) >= 11 is 0. The second-order valence-corrected chi connectivity index (χ2v) is 7.54. The maximum atomic E-state index is 12.4. The van der Waals surface area contributed by atoms with E-state index in [1.54, 1.807) is 4.90 Å². The van der Waals surface area contributed by atoms with Crippen molar-refractivity contribution in [2.45, 2.75) is 19.3 Å². The summed E-state index contributed by atoms with van der Waals surface area (Å²) in [7, 11) is 0. The molecule has 1 N–H and O–H groups in total. The lowest BCUT2D eigenvalue weighted by Crippen LogP contribution is -3.15. The SMILES string of the molecule is O=C(Cc1ccccc1)N1CC[NH+](C[C@@H]2C[C@H]3C=C[C@H]2C3)CC1. The fraction of sp³-hybridized carbons (Fsp3) is 0.550. The number of hydrogen-bond donors (Lipinski definition) is 1. The van der Waals surface area contributed by atoms with E-state index in [0.29, 0.717) is 6.42 Å². The van der Waals surface area contributed by atoms with Crippen LogP contribution in [0.25, 0.3) is 0 Å². The van der Waals surface area contributed by atoms with E-state index in [9.17, 15) is 4.79 Å². The minimum Gasteiger partial charge on any atom is -0.332 e. The standard InChI is InChI=1S/C20H26N2O/c23-20(14-16-4-2-1-3-5-16)22-10-8-21(9-11-22)15-19-13-17-6-7-18(19)12-17/h1-7,17-19H,8-15H2/p+1/t17-,18-,19-/m0/s1. The Balaban J connectivity index is 1.24. The molecular weight excluding hydrogens is 284 g/mol. The van der Waals surface area contributed by atoms with Gasteiger partial charge in [-0.25, -0.2) is 0 Å². The molecule has 0 unspecified atom stereocenters. The minimum absolute atomic E-state index is 0.290. The first-order chi connectivity index (χ1) is 11.3. The second-order valence-electron chi connectivity index (χ2n) is 7.54. The highest BCUT2D eigenvalue weighted by molar-refractivity contribution is 5.78. The molecule has 1 aliphatic heterocycles. The summed E-state index contributed by atoms with van der Waals surface area (Å²) in [5.41, 5.74) is 1.13. The summed E-state index contributed by atoms with van der Waals surface area (Å²) in [4.78, 5) is 16.2. The molecule has 3 atom stereocenters. The molecule has 122 valence electrons. The lowest BCUT2D eigenvalue weighted by Gasteiger charge is -2.34. The van der Waals surface area contributed by atoms with Gasteiger partial charge in [-0.2, -0.15) is 0 Å². The first-order valence-electron chi connectivity index (χ1n) is 9.11. The number of benzene rings is 1. The normalized spacial score (nSPS) is 30.1. The van der Waals surface area contributed by atoms with Gasteiger partial charge < -0.3 is 9.80 Å². The topological polar surface area (TPSA) is 24.8 Å². The van der Waals surface area contributed by atoms with Crippen LogP contribution < -0.4 is 4.90 Å². The smallest absolute Gasteiger partial charge is 0.227 e. The lowest BCUT2D eigenvalue weighted by atomic mass is 9.93. The fourth-order valence-electron chi connectivity index (χ4n) is 4.66. The van der Waals surface area contributed by atoms with E-state index < -0.39 is 0 Å². The molecule has 2 fully saturated rings. The van der Waals surface area contributed by atoms with Crippen molar-refractivity contribution in [3.05, 3.63) is 48.0 Å². The van der Waals surface area contributed by atoms with Crippen LogP contribution in [0.15, 0.2) is 42.5 Å². The Kier molecular flexibility index (Phi) is 4.21. The average molecular weight is 311 g/mol. The number of amides is 1. The molecule has 3 heteroatoms. The van der Waals surface area contributed by atoms with Gasteiger partial charge in [0.15, 0.2) is 0 Å². The van der Waals surface area contributed by atoms with E-state index in [4.69, 9.17) is 0 Å². The van der Waals surface area contributed by atoms with Crippen LogP contribution in [0, 0.1) is 17.8 Å². The van der Waals surface area contributed by atoms with Crippen molar-refractivity contribution in [2.75, 3.05) is 32.7 Å². The van der Waals surface area contributed by atoms with Crippen molar-refractivity contribution < 1.29 is 9.69 Å². The zero-order valence-electron chi connectivity index (χ0n) is 13.8. The van der Waals surface area contributed by atoms with Gasteiger partial charge in [-0.3, -0.25) is 4.79 Å². The third kappa shape index (κ3) is 3.35. The summed E-state index contributed by atoms with van der Waals surface area (Å²) in [5.74, 6) is 2.91. The number of fused-ring (bicyclic) bond motifs is 2. The third-order valence-corrected chi connectivity index (χ3v) is 5.99. The molecule has 1 saturated heterocycles. The van der Waals surface area contributed by atoms with Crippen molar-refractivity contribution in [3.8, 4) is 0 Å². The van der Waals surface area contributed by atoms with Crippen LogP contribution in [0.3, 0.4) is 0 Å². The van der Waals surface area contributed by atoms with Gasteiger partial charge in [0.1, 0.15) is 0 Å². The number of hydrogen-bond acceptors (Lipinski definition) is 1. The highest BCUT2D eigenvalue weighted by atomic mass is 16.2. The van der Waals surface area contributed by atoms with Crippen molar-refractivity contribution in [2.24, 2.45) is 17.8 Å². The van der Waals surface area contributed by atoms with E-state index in [1.165, 1.54) is 19.4 Å². The Hall–Kier alpha value is -1.61. The molecule has 1 aromatic rings. The van der Waals surface area contributed by atoms with Crippen LogP contribution in [-0.2, 0) is 11.2 Å². The molecule has 4 rings (SSSR count). The van der Waals surface area contributed by atoms with Gasteiger partial charge >= 0.3 is 0 Å². The molecule has 1 amide bonds. The molecule has 0 spiro atoms. The number of nitrogens with zero attached hydrogens (tertiary/aromatic N) is 1. The van der Waals surface area contributed by atoms with Gasteiger partial charge in [0.25, 0.3) is 0 Å². The highest BCUT2D eigenvalue weighted by Crippen LogP contribution is 2.42. The predicted molar refractivity (Wildman–Crippen MR) is 91.1 cm³/mol. The highest BCUT2D eigenvalue weighted by Gasteiger charge is 2.38. The number of carbonyl (C=O) groups is 1. The maximum Gasteiger partial charge on any atom is 0.227 e. The number of piperazine rings is 1. The van der Waals surface area contributed by atoms with Gasteiger partial charge in [-0.05, 0) is 30.2 Å². The molecule has 23 heavy (non-hydrogen) atoms. The minimum atomic E-state index is 0.290. The Bertz CT molecular complexity index is 575. The van der Waals surface area contributed by atoms with E-state index in [-0.39, 0.29) is 5.91 Å². The molecule has 3 nitrogen and oxygen atoms in total. The maximum absolute atomic E-state index is 12.4. The molecule has 2 aliphatic carbocycles. The first kappa shape index (κ1) is 14.9. The van der Waals surface area contributed by atoms with Gasteiger partial charge in [-0.15, -0.1) is 0 Å². The van der Waals surface area contributed by atoms with Crippen LogP contribution in [-0.4, -0.2) is 43.5 Å². The molecule has 1 saturated carbocycles. The number of carbonyl (C=O) groups excluding carboxylic acids is 1. The van der Waals surface area contributed by atoms with E-state index in [2.05, 4.69) is 17.1 Å². The molecule has 2 bridgehead atoms. The van der Waals surface area contributed by atoms with Crippen molar-refractivity contribution in [3.63, 3.8) is 0 Å². The van der Waals surface area contributed by atoms with E-state index in [0.717, 1.165) is 49.5 Å².